The predicted octanol–water partition coefficient (Wildman–Crippen LogP) is 3.63. The van der Waals surface area contributed by atoms with E-state index in [-0.39, 0.29) is 6.04 Å². The summed E-state index contributed by atoms with van der Waals surface area (Å²) in [5.74, 6) is 1.35. The van der Waals surface area contributed by atoms with E-state index in [0.29, 0.717) is 37.0 Å². The molecule has 160 valence electrons. The number of aromatic nitrogens is 2. The van der Waals surface area contributed by atoms with Gasteiger partial charge in [-0.05, 0) is 36.2 Å². The van der Waals surface area contributed by atoms with Crippen LogP contribution in [0.3, 0.4) is 0 Å². The summed E-state index contributed by atoms with van der Waals surface area (Å²) in [5.41, 5.74) is 0. The van der Waals surface area contributed by atoms with Gasteiger partial charge in [0.2, 0.25) is 15.9 Å². The minimum Gasteiger partial charge on any atom is -0.338 e. The van der Waals surface area contributed by atoms with Crippen molar-refractivity contribution in [1.29, 1.82) is 0 Å². The van der Waals surface area contributed by atoms with Gasteiger partial charge in [0.05, 0.1) is 10.9 Å². The quantitative estimate of drug-likeness (QED) is 0.572. The Kier molecular flexibility index (Phi) is 6.17. The van der Waals surface area contributed by atoms with Crippen LogP contribution < -0.4 is 0 Å². The molecule has 1 saturated heterocycles. The van der Waals surface area contributed by atoms with Gasteiger partial charge in [0.1, 0.15) is 0 Å². The van der Waals surface area contributed by atoms with E-state index >= 15 is 0 Å². The van der Waals surface area contributed by atoms with Gasteiger partial charge >= 0.3 is 0 Å². The van der Waals surface area contributed by atoms with E-state index in [1.165, 1.54) is 0 Å². The van der Waals surface area contributed by atoms with Crippen LogP contribution in [0.4, 0.5) is 0 Å². The van der Waals surface area contributed by atoms with E-state index in [1.807, 2.05) is 37.3 Å². The second-order valence-corrected chi connectivity index (χ2v) is 9.72. The molecule has 0 aliphatic carbocycles. The van der Waals surface area contributed by atoms with Crippen molar-refractivity contribution in [2.45, 2.75) is 44.0 Å². The molecule has 3 aromatic rings. The van der Waals surface area contributed by atoms with E-state index in [2.05, 4.69) is 22.0 Å². The highest BCUT2D eigenvalue weighted by Gasteiger charge is 2.31. The first-order chi connectivity index (χ1) is 14.5. The highest BCUT2D eigenvalue weighted by atomic mass is 32.2. The van der Waals surface area contributed by atoms with Crippen LogP contribution in [-0.2, 0) is 16.4 Å². The summed E-state index contributed by atoms with van der Waals surface area (Å²) in [5, 5.41) is 6.04. The van der Waals surface area contributed by atoms with Gasteiger partial charge in [-0.1, -0.05) is 48.8 Å². The monoisotopic (exact) mass is 428 g/mol. The fourth-order valence-electron chi connectivity index (χ4n) is 3.84. The largest absolute Gasteiger partial charge is 0.338 e. The zero-order valence-corrected chi connectivity index (χ0v) is 18.3. The van der Waals surface area contributed by atoms with Crippen molar-refractivity contribution >= 4 is 20.8 Å². The molecule has 30 heavy (non-hydrogen) atoms. The molecule has 2 aromatic carbocycles. The number of aryl methyl sites for hydroxylation is 1. The maximum absolute atomic E-state index is 13.1. The van der Waals surface area contributed by atoms with E-state index in [4.69, 9.17) is 4.52 Å². The van der Waals surface area contributed by atoms with Gasteiger partial charge in [-0.25, -0.2) is 8.42 Å². The molecule has 0 bridgehead atoms. The summed E-state index contributed by atoms with van der Waals surface area (Å²) in [4.78, 5) is 7.06. The molecule has 2 heterocycles. The third-order valence-corrected chi connectivity index (χ3v) is 7.67. The van der Waals surface area contributed by atoms with Crippen LogP contribution in [-0.4, -0.2) is 53.9 Å². The summed E-state index contributed by atoms with van der Waals surface area (Å²) in [6, 6.07) is 13.1. The van der Waals surface area contributed by atoms with E-state index in [9.17, 15) is 8.42 Å². The summed E-state index contributed by atoms with van der Waals surface area (Å²) < 4.78 is 33.3. The number of benzene rings is 2. The van der Waals surface area contributed by atoms with Gasteiger partial charge < -0.3 is 4.52 Å². The minimum absolute atomic E-state index is 0.0293. The Balaban J connectivity index is 1.42. The maximum atomic E-state index is 13.1. The highest BCUT2D eigenvalue weighted by Crippen LogP contribution is 2.25. The van der Waals surface area contributed by atoms with Gasteiger partial charge in [0, 0.05) is 32.6 Å². The molecule has 0 radical (unpaired) electrons. The lowest BCUT2D eigenvalue weighted by atomic mass is 10.1. The molecule has 0 spiro atoms. The average molecular weight is 429 g/mol. The smallest absolute Gasteiger partial charge is 0.243 e. The first-order valence-electron chi connectivity index (χ1n) is 10.5. The molecule has 7 nitrogen and oxygen atoms in total. The van der Waals surface area contributed by atoms with Crippen molar-refractivity contribution in [2.24, 2.45) is 0 Å². The number of rotatable bonds is 7. The average Bonchev–Trinajstić information content (AvgIpc) is 3.26. The van der Waals surface area contributed by atoms with Gasteiger partial charge in [0.15, 0.2) is 5.82 Å². The Labute approximate surface area is 177 Å². The number of hydrogen-bond acceptors (Lipinski definition) is 6. The van der Waals surface area contributed by atoms with Gasteiger partial charge in [-0.15, -0.1) is 0 Å². The summed E-state index contributed by atoms with van der Waals surface area (Å²) in [7, 11) is -3.52. The number of unbranched alkanes of at least 4 members (excludes halogenated alkanes) is 1. The Hall–Kier alpha value is -2.29. The van der Waals surface area contributed by atoms with Crippen LogP contribution in [0.25, 0.3) is 10.8 Å². The lowest BCUT2D eigenvalue weighted by molar-refractivity contribution is 0.124. The summed E-state index contributed by atoms with van der Waals surface area (Å²) in [6.45, 7) is 6.30. The van der Waals surface area contributed by atoms with E-state index in [1.54, 1.807) is 16.4 Å². The molecule has 1 aromatic heterocycles. The molecule has 0 saturated carbocycles. The molecule has 1 atom stereocenters. The zero-order chi connectivity index (χ0) is 21.1. The van der Waals surface area contributed by atoms with Crippen molar-refractivity contribution in [3.63, 3.8) is 0 Å². The van der Waals surface area contributed by atoms with Crippen LogP contribution in [0.2, 0.25) is 0 Å². The SMILES string of the molecule is CCCCc1noc(C(C)N2CCN(S(=O)(=O)c3ccc4ccccc4c3)CC2)n1. The fraction of sp³-hybridized carbons (Fsp3) is 0.455. The van der Waals surface area contributed by atoms with E-state index < -0.39 is 10.0 Å². The van der Waals surface area contributed by atoms with Crippen molar-refractivity contribution in [2.75, 3.05) is 26.2 Å². The minimum atomic E-state index is -3.52. The molecule has 1 fully saturated rings. The highest BCUT2D eigenvalue weighted by molar-refractivity contribution is 7.89. The van der Waals surface area contributed by atoms with Gasteiger partial charge in [-0.2, -0.15) is 9.29 Å². The molecular weight excluding hydrogens is 400 g/mol. The molecule has 0 N–H and O–H groups in total. The summed E-state index contributed by atoms with van der Waals surface area (Å²) >= 11 is 0. The second-order valence-electron chi connectivity index (χ2n) is 7.78. The van der Waals surface area contributed by atoms with Crippen molar-refractivity contribution in [1.82, 2.24) is 19.3 Å². The molecule has 1 aliphatic heterocycles. The third kappa shape index (κ3) is 4.26. The first kappa shape index (κ1) is 21.0. The van der Waals surface area contributed by atoms with Gasteiger partial charge in [-0.3, -0.25) is 4.90 Å². The standard InChI is InChI=1S/C22H28N4O3S/c1-3-4-9-21-23-22(29-24-21)17(2)25-12-14-26(15-13-25)30(27,28)20-11-10-18-7-5-6-8-19(18)16-20/h5-8,10-11,16-17H,3-4,9,12-15H2,1-2H3. The molecular formula is C22H28N4O3S. The predicted molar refractivity (Wildman–Crippen MR) is 116 cm³/mol. The van der Waals surface area contributed by atoms with Crippen molar-refractivity contribution in [3.8, 4) is 0 Å². The first-order valence-corrected chi connectivity index (χ1v) is 12.0. The Morgan fingerprint density at radius 3 is 2.53 bits per heavy atom. The van der Waals surface area contributed by atoms with Crippen LogP contribution in [0.1, 0.15) is 44.4 Å². The van der Waals surface area contributed by atoms with Crippen LogP contribution in [0.15, 0.2) is 51.9 Å². The maximum Gasteiger partial charge on any atom is 0.243 e. The zero-order valence-electron chi connectivity index (χ0n) is 17.5. The van der Waals surface area contributed by atoms with Crippen molar-refractivity contribution < 1.29 is 12.9 Å². The fourth-order valence-corrected chi connectivity index (χ4v) is 5.30. The molecule has 1 unspecified atom stereocenters. The number of sulfonamides is 1. The van der Waals surface area contributed by atoms with E-state index in [0.717, 1.165) is 35.9 Å². The lowest BCUT2D eigenvalue weighted by Gasteiger charge is -2.36. The lowest BCUT2D eigenvalue weighted by Crippen LogP contribution is -2.49. The number of nitrogens with zero attached hydrogens (tertiary/aromatic N) is 4. The van der Waals surface area contributed by atoms with Crippen LogP contribution >= 0.6 is 0 Å². The van der Waals surface area contributed by atoms with Crippen LogP contribution in [0.5, 0.6) is 0 Å². The topological polar surface area (TPSA) is 79.5 Å². The second kappa shape index (κ2) is 8.83. The molecule has 0 amide bonds. The van der Waals surface area contributed by atoms with Crippen molar-refractivity contribution in [3.05, 3.63) is 54.2 Å². The summed E-state index contributed by atoms with van der Waals surface area (Å²) in [6.07, 6.45) is 2.95. The Morgan fingerprint density at radius 2 is 1.80 bits per heavy atom. The molecule has 8 heteroatoms. The normalized spacial score (nSPS) is 17.4. The Morgan fingerprint density at radius 1 is 1.07 bits per heavy atom. The number of piperazine rings is 1. The molecule has 1 aliphatic rings. The van der Waals surface area contributed by atoms with Gasteiger partial charge in [0.25, 0.3) is 0 Å². The number of hydrogen-bond donors (Lipinski definition) is 0. The third-order valence-electron chi connectivity index (χ3n) is 5.77. The van der Waals surface area contributed by atoms with Crippen LogP contribution in [0, 0.1) is 0 Å². The Bertz CT molecular complexity index is 1100. The number of fused-ring (bicyclic) bond motifs is 1. The molecule has 4 rings (SSSR count).